The van der Waals surface area contributed by atoms with Crippen molar-refractivity contribution in [3.8, 4) is 0 Å². The van der Waals surface area contributed by atoms with Crippen LogP contribution >= 0.6 is 0 Å². The van der Waals surface area contributed by atoms with Crippen molar-refractivity contribution in [2.24, 2.45) is 0 Å². The average molecular weight is 262 g/mol. The molecule has 5 heteroatoms. The largest absolute Gasteiger partial charge is 0.464 e. The minimum absolute atomic E-state index is 0.0372. The number of furan rings is 1. The van der Waals surface area contributed by atoms with Gasteiger partial charge in [-0.05, 0) is 6.07 Å². The fraction of sp³-hybridized carbons (Fsp3) is 0.357. The van der Waals surface area contributed by atoms with Crippen molar-refractivity contribution in [2.45, 2.75) is 6.54 Å². The highest BCUT2D eigenvalue weighted by atomic mass is 16.5. The second-order valence-electron chi connectivity index (χ2n) is 4.20. The highest BCUT2D eigenvalue weighted by Gasteiger charge is 2.05. The molecule has 1 aromatic carbocycles. The summed E-state index contributed by atoms with van der Waals surface area (Å²) in [6, 6.07) is 7.84. The first-order valence-corrected chi connectivity index (χ1v) is 6.22. The zero-order valence-corrected chi connectivity index (χ0v) is 10.9. The number of hydrogen-bond donors (Lipinski definition) is 2. The van der Waals surface area contributed by atoms with Gasteiger partial charge in [0, 0.05) is 31.1 Å². The quantitative estimate of drug-likeness (QED) is 0.738. The van der Waals surface area contributed by atoms with Crippen molar-refractivity contribution in [1.82, 2.24) is 10.6 Å². The number of methoxy groups -OCH3 is 1. The molecule has 0 unspecified atom stereocenters. The van der Waals surface area contributed by atoms with Crippen LogP contribution in [0, 0.1) is 0 Å². The molecule has 0 aliphatic rings. The molecular formula is C14H18N2O3. The predicted molar refractivity (Wildman–Crippen MR) is 72.8 cm³/mol. The first-order valence-electron chi connectivity index (χ1n) is 6.22. The summed E-state index contributed by atoms with van der Waals surface area (Å²) in [4.78, 5) is 11.5. The number of carbonyl (C=O) groups excluding carboxylic acids is 1. The summed E-state index contributed by atoms with van der Waals surface area (Å²) in [7, 11) is 1.61. The van der Waals surface area contributed by atoms with Crippen LogP contribution in [0.25, 0.3) is 11.0 Å². The normalized spacial score (nSPS) is 10.8. The topological polar surface area (TPSA) is 63.5 Å². The van der Waals surface area contributed by atoms with Crippen LogP contribution in [0.4, 0.5) is 0 Å². The van der Waals surface area contributed by atoms with E-state index < -0.39 is 0 Å². The van der Waals surface area contributed by atoms with Gasteiger partial charge in [-0.15, -0.1) is 0 Å². The number of para-hydroxylation sites is 1. The molecule has 19 heavy (non-hydrogen) atoms. The van der Waals surface area contributed by atoms with Crippen molar-refractivity contribution in [2.75, 3.05) is 26.8 Å². The monoisotopic (exact) mass is 262 g/mol. The third-order valence-corrected chi connectivity index (χ3v) is 2.79. The molecule has 5 nitrogen and oxygen atoms in total. The van der Waals surface area contributed by atoms with Gasteiger partial charge in [0.1, 0.15) is 5.58 Å². The minimum atomic E-state index is -0.0372. The van der Waals surface area contributed by atoms with E-state index in [4.69, 9.17) is 9.15 Å². The molecule has 0 saturated carbocycles. The van der Waals surface area contributed by atoms with Gasteiger partial charge < -0.3 is 19.8 Å². The van der Waals surface area contributed by atoms with Crippen molar-refractivity contribution >= 4 is 16.9 Å². The zero-order valence-electron chi connectivity index (χ0n) is 10.9. The molecule has 2 N–H and O–H groups in total. The van der Waals surface area contributed by atoms with E-state index in [0.29, 0.717) is 19.7 Å². The van der Waals surface area contributed by atoms with E-state index >= 15 is 0 Å². The van der Waals surface area contributed by atoms with Gasteiger partial charge in [-0.3, -0.25) is 4.79 Å². The van der Waals surface area contributed by atoms with Gasteiger partial charge in [0.2, 0.25) is 5.91 Å². The van der Waals surface area contributed by atoms with Crippen LogP contribution in [-0.4, -0.2) is 32.7 Å². The summed E-state index contributed by atoms with van der Waals surface area (Å²) >= 11 is 0. The van der Waals surface area contributed by atoms with Crippen LogP contribution in [0.15, 0.2) is 34.9 Å². The number of amides is 1. The number of nitrogens with one attached hydrogen (secondary N) is 2. The van der Waals surface area contributed by atoms with Crippen molar-refractivity contribution in [3.05, 3.63) is 36.1 Å². The van der Waals surface area contributed by atoms with Gasteiger partial charge >= 0.3 is 0 Å². The Morgan fingerprint density at radius 3 is 3.05 bits per heavy atom. The summed E-state index contributed by atoms with van der Waals surface area (Å²) in [5.41, 5.74) is 1.92. The van der Waals surface area contributed by atoms with Crippen LogP contribution in [0.3, 0.4) is 0 Å². The number of benzene rings is 1. The number of rotatable bonds is 7. The lowest BCUT2D eigenvalue weighted by molar-refractivity contribution is -0.120. The van der Waals surface area contributed by atoms with E-state index in [1.165, 1.54) is 0 Å². The molecular weight excluding hydrogens is 244 g/mol. The van der Waals surface area contributed by atoms with E-state index in [0.717, 1.165) is 16.5 Å². The SMILES string of the molecule is COCCNC(=O)CNCc1coc2ccccc12. The van der Waals surface area contributed by atoms with E-state index in [2.05, 4.69) is 10.6 Å². The lowest BCUT2D eigenvalue weighted by atomic mass is 10.2. The number of hydrogen-bond acceptors (Lipinski definition) is 4. The molecule has 0 saturated heterocycles. The molecule has 102 valence electrons. The number of fused-ring (bicyclic) bond motifs is 1. The van der Waals surface area contributed by atoms with Gasteiger partial charge in [-0.2, -0.15) is 0 Å². The third kappa shape index (κ3) is 3.81. The maximum Gasteiger partial charge on any atom is 0.234 e. The van der Waals surface area contributed by atoms with Crippen molar-refractivity contribution in [1.29, 1.82) is 0 Å². The van der Waals surface area contributed by atoms with Crippen molar-refractivity contribution in [3.63, 3.8) is 0 Å². The Hall–Kier alpha value is -1.85. The van der Waals surface area contributed by atoms with Gasteiger partial charge in [0.05, 0.1) is 19.4 Å². The van der Waals surface area contributed by atoms with Crippen LogP contribution in [-0.2, 0) is 16.1 Å². The Kier molecular flexibility index (Phi) is 4.94. The molecule has 0 radical (unpaired) electrons. The molecule has 0 fully saturated rings. The second kappa shape index (κ2) is 6.92. The number of ether oxygens (including phenoxy) is 1. The Bertz CT molecular complexity index is 536. The summed E-state index contributed by atoms with van der Waals surface area (Å²) in [6.07, 6.45) is 1.72. The third-order valence-electron chi connectivity index (χ3n) is 2.79. The molecule has 2 rings (SSSR count). The zero-order chi connectivity index (χ0) is 13.5. The molecule has 1 amide bonds. The Morgan fingerprint density at radius 2 is 2.21 bits per heavy atom. The number of carbonyl (C=O) groups is 1. The van der Waals surface area contributed by atoms with E-state index in [1.54, 1.807) is 13.4 Å². The van der Waals surface area contributed by atoms with Crippen LogP contribution < -0.4 is 10.6 Å². The summed E-state index contributed by atoms with van der Waals surface area (Å²) in [5.74, 6) is -0.0372. The Labute approximate surface area is 111 Å². The molecule has 0 aliphatic carbocycles. The van der Waals surface area contributed by atoms with E-state index in [9.17, 15) is 4.79 Å². The second-order valence-corrected chi connectivity index (χ2v) is 4.20. The standard InChI is InChI=1S/C14H18N2O3/c1-18-7-6-16-14(17)9-15-8-11-10-19-13-5-3-2-4-12(11)13/h2-5,10,15H,6-9H2,1H3,(H,16,17). The smallest absolute Gasteiger partial charge is 0.234 e. The lowest BCUT2D eigenvalue weighted by Crippen LogP contribution is -2.35. The highest BCUT2D eigenvalue weighted by Crippen LogP contribution is 2.20. The minimum Gasteiger partial charge on any atom is -0.464 e. The molecule has 0 atom stereocenters. The predicted octanol–water partition coefficient (Wildman–Crippen LogP) is 1.29. The summed E-state index contributed by atoms with van der Waals surface area (Å²) in [6.45, 7) is 1.95. The molecule has 0 spiro atoms. The van der Waals surface area contributed by atoms with Gasteiger partial charge in [-0.1, -0.05) is 18.2 Å². The van der Waals surface area contributed by atoms with E-state index in [1.807, 2.05) is 24.3 Å². The molecule has 1 heterocycles. The van der Waals surface area contributed by atoms with Gasteiger partial charge in [0.15, 0.2) is 0 Å². The summed E-state index contributed by atoms with van der Waals surface area (Å²) in [5, 5.41) is 6.92. The van der Waals surface area contributed by atoms with E-state index in [-0.39, 0.29) is 12.5 Å². The van der Waals surface area contributed by atoms with Crippen LogP contribution in [0.2, 0.25) is 0 Å². The fourth-order valence-corrected chi connectivity index (χ4v) is 1.84. The van der Waals surface area contributed by atoms with Gasteiger partial charge in [-0.25, -0.2) is 0 Å². The maximum atomic E-state index is 11.5. The van der Waals surface area contributed by atoms with Crippen LogP contribution in [0.1, 0.15) is 5.56 Å². The Balaban J connectivity index is 1.78. The van der Waals surface area contributed by atoms with Crippen molar-refractivity contribution < 1.29 is 13.9 Å². The molecule has 0 aliphatic heterocycles. The lowest BCUT2D eigenvalue weighted by Gasteiger charge is -2.05. The average Bonchev–Trinajstić information content (AvgIpc) is 2.83. The molecule has 0 bridgehead atoms. The first-order chi connectivity index (χ1) is 9.31. The molecule has 2 aromatic rings. The first kappa shape index (κ1) is 13.6. The van der Waals surface area contributed by atoms with Crippen LogP contribution in [0.5, 0.6) is 0 Å². The highest BCUT2D eigenvalue weighted by molar-refractivity contribution is 5.81. The maximum absolute atomic E-state index is 11.5. The fourth-order valence-electron chi connectivity index (χ4n) is 1.84. The summed E-state index contributed by atoms with van der Waals surface area (Å²) < 4.78 is 10.3. The Morgan fingerprint density at radius 1 is 1.37 bits per heavy atom. The molecule has 1 aromatic heterocycles. The van der Waals surface area contributed by atoms with Gasteiger partial charge in [0.25, 0.3) is 0 Å².